The maximum absolute atomic E-state index is 12.1. The summed E-state index contributed by atoms with van der Waals surface area (Å²) in [5.74, 6) is 1.81. The van der Waals surface area contributed by atoms with Gasteiger partial charge in [-0.2, -0.15) is 5.10 Å². The molecule has 0 unspecified atom stereocenters. The molecule has 3 aromatic heterocycles. The highest BCUT2D eigenvalue weighted by Crippen LogP contribution is 2.27. The van der Waals surface area contributed by atoms with Crippen LogP contribution in [0.5, 0.6) is 0 Å². The first-order chi connectivity index (χ1) is 16.2. The fourth-order valence-corrected chi connectivity index (χ4v) is 3.23. The minimum atomic E-state index is -0.507. The van der Waals surface area contributed by atoms with Crippen molar-refractivity contribution in [3.8, 4) is 11.1 Å². The summed E-state index contributed by atoms with van der Waals surface area (Å²) in [7, 11) is 1.72. The number of nitrogens with one attached hydrogen (secondary N) is 1. The van der Waals surface area contributed by atoms with Crippen molar-refractivity contribution in [1.82, 2.24) is 24.5 Å². The van der Waals surface area contributed by atoms with E-state index in [1.165, 1.54) is 12.8 Å². The van der Waals surface area contributed by atoms with E-state index in [9.17, 15) is 4.79 Å². The van der Waals surface area contributed by atoms with Crippen molar-refractivity contribution in [2.24, 2.45) is 5.92 Å². The molecule has 1 fully saturated rings. The minimum Gasteiger partial charge on any atom is -0.444 e. The lowest BCUT2D eigenvalue weighted by molar-refractivity contribution is 0.0305. The number of rotatable bonds is 7. The molecule has 34 heavy (non-hydrogen) atoms. The Morgan fingerprint density at radius 1 is 1.26 bits per heavy atom. The molecule has 4 rings (SSSR count). The number of aromatic nitrogens is 4. The SMILES string of the molecule is CC1CC1.CCCc1ncccc1-c1cnn2ccc(NCCN(C)C(=O)OC(C)(C)C)nc12. The average molecular weight is 467 g/mol. The van der Waals surface area contributed by atoms with Crippen LogP contribution in [0.1, 0.15) is 59.6 Å². The molecule has 1 aliphatic carbocycles. The average Bonchev–Trinajstić information content (AvgIpc) is 3.45. The first-order valence-corrected chi connectivity index (χ1v) is 12.1. The molecule has 1 saturated carbocycles. The molecule has 0 spiro atoms. The molecule has 184 valence electrons. The van der Waals surface area contributed by atoms with Gasteiger partial charge in [0.1, 0.15) is 11.4 Å². The highest BCUT2D eigenvalue weighted by molar-refractivity contribution is 5.79. The Morgan fingerprint density at radius 2 is 2.00 bits per heavy atom. The van der Waals surface area contributed by atoms with Gasteiger partial charge >= 0.3 is 6.09 Å². The Balaban J connectivity index is 0.000000732. The van der Waals surface area contributed by atoms with Gasteiger partial charge in [0, 0.05) is 49.4 Å². The maximum Gasteiger partial charge on any atom is 0.410 e. The fourth-order valence-electron chi connectivity index (χ4n) is 3.23. The Hall–Kier alpha value is -3.16. The van der Waals surface area contributed by atoms with Gasteiger partial charge in [0.05, 0.1) is 6.20 Å². The smallest absolute Gasteiger partial charge is 0.410 e. The third kappa shape index (κ3) is 7.43. The summed E-state index contributed by atoms with van der Waals surface area (Å²) in [6.07, 6.45) is 10.1. The first kappa shape index (κ1) is 25.5. The van der Waals surface area contributed by atoms with Crippen LogP contribution in [0.2, 0.25) is 0 Å². The number of fused-ring (bicyclic) bond motifs is 1. The van der Waals surface area contributed by atoms with Crippen molar-refractivity contribution in [2.45, 2.75) is 65.9 Å². The number of hydrogen-bond acceptors (Lipinski definition) is 6. The van der Waals surface area contributed by atoms with E-state index < -0.39 is 5.60 Å². The van der Waals surface area contributed by atoms with E-state index in [2.05, 4.69) is 35.3 Å². The quantitative estimate of drug-likeness (QED) is 0.499. The largest absolute Gasteiger partial charge is 0.444 e. The van der Waals surface area contributed by atoms with Gasteiger partial charge in [-0.1, -0.05) is 39.2 Å². The Bertz CT molecular complexity index is 1080. The molecule has 0 atom stereocenters. The van der Waals surface area contributed by atoms with E-state index in [0.717, 1.165) is 47.0 Å². The standard InChI is InChI=1S/C22H30N6O2.C4H8/c1-6-8-18-16(9-7-11-23-18)17-15-25-28-13-10-19(26-20(17)28)24-12-14-27(5)21(29)30-22(2,3)4;1-4-2-3-4/h7,9-11,13,15H,6,8,12,14H2,1-5H3,(H,24,26);4H,2-3H2,1H3. The van der Waals surface area contributed by atoms with Crippen LogP contribution < -0.4 is 5.32 Å². The Labute approximate surface area is 202 Å². The monoisotopic (exact) mass is 466 g/mol. The highest BCUT2D eigenvalue weighted by atomic mass is 16.6. The second-order valence-corrected chi connectivity index (χ2v) is 9.90. The number of ether oxygens (including phenoxy) is 1. The summed E-state index contributed by atoms with van der Waals surface area (Å²) >= 11 is 0. The van der Waals surface area contributed by atoms with E-state index in [4.69, 9.17) is 9.72 Å². The number of anilines is 1. The maximum atomic E-state index is 12.1. The third-order valence-electron chi connectivity index (χ3n) is 5.36. The molecule has 3 aromatic rings. The van der Waals surface area contributed by atoms with E-state index in [1.54, 1.807) is 16.5 Å². The molecule has 8 heteroatoms. The number of carbonyl (C=O) groups is 1. The zero-order valence-corrected chi connectivity index (χ0v) is 21.3. The lowest BCUT2D eigenvalue weighted by Crippen LogP contribution is -2.36. The summed E-state index contributed by atoms with van der Waals surface area (Å²) in [5.41, 5.74) is 3.33. The van der Waals surface area contributed by atoms with Crippen molar-refractivity contribution < 1.29 is 9.53 Å². The summed E-state index contributed by atoms with van der Waals surface area (Å²) in [6, 6.07) is 5.87. The topological polar surface area (TPSA) is 84.7 Å². The summed E-state index contributed by atoms with van der Waals surface area (Å²) in [4.78, 5) is 22.9. The van der Waals surface area contributed by atoms with Crippen molar-refractivity contribution in [1.29, 1.82) is 0 Å². The molecule has 3 heterocycles. The second kappa shape index (κ2) is 11.3. The van der Waals surface area contributed by atoms with Crippen LogP contribution in [0.3, 0.4) is 0 Å². The van der Waals surface area contributed by atoms with Crippen molar-refractivity contribution >= 4 is 17.6 Å². The van der Waals surface area contributed by atoms with Gasteiger partial charge in [-0.3, -0.25) is 4.98 Å². The Morgan fingerprint density at radius 3 is 2.65 bits per heavy atom. The Kier molecular flexibility index (Phi) is 8.47. The molecule has 1 aliphatic rings. The second-order valence-electron chi connectivity index (χ2n) is 9.90. The van der Waals surface area contributed by atoms with Crippen molar-refractivity contribution in [3.05, 3.63) is 42.5 Å². The van der Waals surface area contributed by atoms with Gasteiger partial charge in [0.15, 0.2) is 5.65 Å². The van der Waals surface area contributed by atoms with E-state index in [0.29, 0.717) is 13.1 Å². The van der Waals surface area contributed by atoms with Gasteiger partial charge in [-0.25, -0.2) is 14.3 Å². The predicted octanol–water partition coefficient (Wildman–Crippen LogP) is 5.44. The number of carbonyl (C=O) groups excluding carboxylic acids is 1. The zero-order valence-electron chi connectivity index (χ0n) is 21.3. The molecular weight excluding hydrogens is 428 g/mol. The molecule has 0 radical (unpaired) electrons. The predicted molar refractivity (Wildman–Crippen MR) is 136 cm³/mol. The number of aryl methyl sites for hydroxylation is 1. The van der Waals surface area contributed by atoms with Gasteiger partial charge in [-0.05, 0) is 45.2 Å². The van der Waals surface area contributed by atoms with Crippen molar-refractivity contribution in [3.63, 3.8) is 0 Å². The summed E-state index contributed by atoms with van der Waals surface area (Å²) in [6.45, 7) is 11.0. The zero-order chi connectivity index (χ0) is 24.7. The number of pyridine rings is 1. The van der Waals surface area contributed by atoms with Crippen LogP contribution in [0.4, 0.5) is 10.6 Å². The first-order valence-electron chi connectivity index (χ1n) is 12.1. The fraction of sp³-hybridized carbons (Fsp3) is 0.538. The van der Waals surface area contributed by atoms with Gasteiger partial charge in [-0.15, -0.1) is 0 Å². The third-order valence-corrected chi connectivity index (χ3v) is 5.36. The normalized spacial score (nSPS) is 13.2. The van der Waals surface area contributed by atoms with Crippen LogP contribution in [-0.2, 0) is 11.2 Å². The molecule has 8 nitrogen and oxygen atoms in total. The summed E-state index contributed by atoms with van der Waals surface area (Å²) in [5, 5.41) is 7.71. The molecule has 0 bridgehead atoms. The lowest BCUT2D eigenvalue weighted by atomic mass is 10.0. The molecular formula is C26H38N6O2. The van der Waals surface area contributed by atoms with Crippen LogP contribution in [0.25, 0.3) is 16.8 Å². The van der Waals surface area contributed by atoms with Crippen LogP contribution in [0.15, 0.2) is 36.8 Å². The van der Waals surface area contributed by atoms with Gasteiger partial charge in [0.25, 0.3) is 0 Å². The van der Waals surface area contributed by atoms with Crippen LogP contribution >= 0.6 is 0 Å². The van der Waals surface area contributed by atoms with Crippen molar-refractivity contribution in [2.75, 3.05) is 25.5 Å². The number of likely N-dealkylation sites (N-methyl/N-ethyl adjacent to an activating group) is 1. The highest BCUT2D eigenvalue weighted by Gasteiger charge is 2.19. The van der Waals surface area contributed by atoms with Gasteiger partial charge in [0.2, 0.25) is 0 Å². The van der Waals surface area contributed by atoms with E-state index in [1.807, 2.05) is 51.5 Å². The summed E-state index contributed by atoms with van der Waals surface area (Å²) < 4.78 is 7.13. The van der Waals surface area contributed by atoms with E-state index >= 15 is 0 Å². The molecule has 0 aromatic carbocycles. The van der Waals surface area contributed by atoms with Gasteiger partial charge < -0.3 is 15.0 Å². The number of amides is 1. The number of nitrogens with zero attached hydrogens (tertiary/aromatic N) is 5. The molecule has 0 saturated heterocycles. The lowest BCUT2D eigenvalue weighted by Gasteiger charge is -2.24. The molecule has 1 N–H and O–H groups in total. The molecule has 1 amide bonds. The van der Waals surface area contributed by atoms with Crippen LogP contribution in [0, 0.1) is 5.92 Å². The minimum absolute atomic E-state index is 0.342. The van der Waals surface area contributed by atoms with Crippen LogP contribution in [-0.4, -0.2) is 56.3 Å². The number of hydrogen-bond donors (Lipinski definition) is 1. The van der Waals surface area contributed by atoms with E-state index in [-0.39, 0.29) is 6.09 Å². The molecule has 0 aliphatic heterocycles.